The third-order valence-corrected chi connectivity index (χ3v) is 3.45. The van der Waals surface area contributed by atoms with Crippen LogP contribution < -0.4 is 15.2 Å². The highest BCUT2D eigenvalue weighted by Crippen LogP contribution is 2.32. The Hall–Kier alpha value is -2.01. The van der Waals surface area contributed by atoms with Crippen LogP contribution in [0.1, 0.15) is 23.9 Å². The monoisotopic (exact) mass is 289 g/mol. The van der Waals surface area contributed by atoms with Crippen LogP contribution in [0.3, 0.4) is 0 Å². The second kappa shape index (κ2) is 7.13. The second-order valence-electron chi connectivity index (χ2n) is 4.88. The summed E-state index contributed by atoms with van der Waals surface area (Å²) in [6.07, 6.45) is 1.68. The van der Waals surface area contributed by atoms with Crippen LogP contribution in [-0.4, -0.2) is 23.4 Å². The van der Waals surface area contributed by atoms with Crippen LogP contribution in [0.25, 0.3) is 0 Å². The van der Waals surface area contributed by atoms with Crippen LogP contribution in [0, 0.1) is 0 Å². The summed E-state index contributed by atoms with van der Waals surface area (Å²) in [7, 11) is 3.58. The fourth-order valence-electron chi connectivity index (χ4n) is 2.26. The zero-order valence-corrected chi connectivity index (χ0v) is 12.9. The molecule has 0 amide bonds. The standard InChI is InChI=1S/C16H23N3O2/c1-4-13-10-14(19(2)18-13)11-21-16-12(8-9-17)6-5-7-15(16)20-3/h5-7,10H,4,8-9,11,17H2,1-3H3. The number of aromatic nitrogens is 2. The van der Waals surface area contributed by atoms with Gasteiger partial charge in [0.25, 0.3) is 0 Å². The first-order valence-electron chi connectivity index (χ1n) is 7.20. The van der Waals surface area contributed by atoms with Gasteiger partial charge in [0.2, 0.25) is 0 Å². The number of aryl methyl sites for hydroxylation is 2. The summed E-state index contributed by atoms with van der Waals surface area (Å²) in [5.74, 6) is 1.50. The maximum Gasteiger partial charge on any atom is 0.164 e. The number of para-hydroxylation sites is 1. The Morgan fingerprint density at radius 2 is 2.14 bits per heavy atom. The quantitative estimate of drug-likeness (QED) is 0.847. The molecule has 0 spiro atoms. The number of benzene rings is 1. The molecule has 0 bridgehead atoms. The molecule has 0 aliphatic heterocycles. The molecule has 0 aliphatic carbocycles. The highest BCUT2D eigenvalue weighted by molar-refractivity contribution is 5.46. The van der Waals surface area contributed by atoms with Crippen molar-refractivity contribution in [3.8, 4) is 11.5 Å². The van der Waals surface area contributed by atoms with Crippen molar-refractivity contribution in [2.75, 3.05) is 13.7 Å². The maximum absolute atomic E-state index is 6.00. The van der Waals surface area contributed by atoms with E-state index in [2.05, 4.69) is 18.1 Å². The summed E-state index contributed by atoms with van der Waals surface area (Å²) in [4.78, 5) is 0. The number of methoxy groups -OCH3 is 1. The van der Waals surface area contributed by atoms with E-state index >= 15 is 0 Å². The van der Waals surface area contributed by atoms with Crippen molar-refractivity contribution in [2.45, 2.75) is 26.4 Å². The minimum atomic E-state index is 0.460. The van der Waals surface area contributed by atoms with Gasteiger partial charge in [-0.1, -0.05) is 19.1 Å². The molecule has 0 fully saturated rings. The molecular formula is C16H23N3O2. The summed E-state index contributed by atoms with van der Waals surface area (Å²) in [5, 5.41) is 4.43. The Kier molecular flexibility index (Phi) is 5.22. The first-order valence-corrected chi connectivity index (χ1v) is 7.20. The van der Waals surface area contributed by atoms with Crippen LogP contribution in [0.15, 0.2) is 24.3 Å². The summed E-state index contributed by atoms with van der Waals surface area (Å²) >= 11 is 0. The minimum Gasteiger partial charge on any atom is -0.493 e. The van der Waals surface area contributed by atoms with Crippen LogP contribution in [0.2, 0.25) is 0 Å². The summed E-state index contributed by atoms with van der Waals surface area (Å²) in [6.45, 7) is 3.13. The van der Waals surface area contributed by atoms with Crippen LogP contribution in [-0.2, 0) is 26.5 Å². The Balaban J connectivity index is 2.19. The van der Waals surface area contributed by atoms with Crippen molar-refractivity contribution >= 4 is 0 Å². The van der Waals surface area contributed by atoms with Gasteiger partial charge in [-0.15, -0.1) is 0 Å². The minimum absolute atomic E-state index is 0.460. The lowest BCUT2D eigenvalue weighted by Crippen LogP contribution is -2.08. The smallest absolute Gasteiger partial charge is 0.164 e. The lowest BCUT2D eigenvalue weighted by molar-refractivity contribution is 0.273. The van der Waals surface area contributed by atoms with Gasteiger partial charge in [-0.2, -0.15) is 5.10 Å². The predicted octanol–water partition coefficient (Wildman–Crippen LogP) is 2.07. The van der Waals surface area contributed by atoms with Crippen molar-refractivity contribution in [3.63, 3.8) is 0 Å². The van der Waals surface area contributed by atoms with Gasteiger partial charge in [0, 0.05) is 7.05 Å². The first-order chi connectivity index (χ1) is 10.2. The lowest BCUT2D eigenvalue weighted by Gasteiger charge is -2.14. The Morgan fingerprint density at radius 1 is 1.33 bits per heavy atom. The Morgan fingerprint density at radius 3 is 2.76 bits per heavy atom. The summed E-state index contributed by atoms with van der Waals surface area (Å²) in [6, 6.07) is 7.94. The van der Waals surface area contributed by atoms with Crippen LogP contribution in [0.5, 0.6) is 11.5 Å². The molecule has 1 heterocycles. The fraction of sp³-hybridized carbons (Fsp3) is 0.438. The Bertz CT molecular complexity index is 593. The molecule has 2 rings (SSSR count). The van der Waals surface area contributed by atoms with Gasteiger partial charge in [0.15, 0.2) is 11.5 Å². The predicted molar refractivity (Wildman–Crippen MR) is 82.7 cm³/mol. The molecule has 0 aliphatic rings. The summed E-state index contributed by atoms with van der Waals surface area (Å²) in [5.41, 5.74) is 8.83. The van der Waals surface area contributed by atoms with Crippen molar-refractivity contribution < 1.29 is 9.47 Å². The highest BCUT2D eigenvalue weighted by atomic mass is 16.5. The molecule has 2 aromatic rings. The number of rotatable bonds is 7. The largest absolute Gasteiger partial charge is 0.493 e. The average Bonchev–Trinajstić information content (AvgIpc) is 2.86. The zero-order chi connectivity index (χ0) is 15.2. The van der Waals surface area contributed by atoms with E-state index in [1.165, 1.54) is 0 Å². The molecule has 0 unspecified atom stereocenters. The SMILES string of the molecule is CCc1cc(COc2c(CCN)cccc2OC)n(C)n1. The van der Waals surface area contributed by atoms with Gasteiger partial charge in [0.1, 0.15) is 6.61 Å². The molecule has 114 valence electrons. The van der Waals surface area contributed by atoms with E-state index in [9.17, 15) is 0 Å². The first kappa shape index (κ1) is 15.4. The number of hydrogen-bond acceptors (Lipinski definition) is 4. The van der Waals surface area contributed by atoms with E-state index in [4.69, 9.17) is 15.2 Å². The van der Waals surface area contributed by atoms with Gasteiger partial charge >= 0.3 is 0 Å². The van der Waals surface area contributed by atoms with Crippen LogP contribution >= 0.6 is 0 Å². The normalized spacial score (nSPS) is 10.7. The van der Waals surface area contributed by atoms with Gasteiger partial charge in [-0.25, -0.2) is 0 Å². The highest BCUT2D eigenvalue weighted by Gasteiger charge is 2.12. The Labute approximate surface area is 125 Å². The van der Waals surface area contributed by atoms with Gasteiger partial charge in [-0.05, 0) is 37.1 Å². The van der Waals surface area contributed by atoms with Gasteiger partial charge < -0.3 is 15.2 Å². The average molecular weight is 289 g/mol. The topological polar surface area (TPSA) is 62.3 Å². The van der Waals surface area contributed by atoms with Crippen molar-refractivity contribution in [3.05, 3.63) is 41.2 Å². The van der Waals surface area contributed by atoms with E-state index in [1.54, 1.807) is 7.11 Å². The fourth-order valence-corrected chi connectivity index (χ4v) is 2.26. The number of hydrogen-bond donors (Lipinski definition) is 1. The molecule has 0 radical (unpaired) electrons. The molecule has 1 aromatic carbocycles. The molecule has 21 heavy (non-hydrogen) atoms. The molecule has 0 atom stereocenters. The van der Waals surface area contributed by atoms with Crippen molar-refractivity contribution in [1.82, 2.24) is 9.78 Å². The molecule has 2 N–H and O–H groups in total. The van der Waals surface area contributed by atoms with E-state index in [0.717, 1.165) is 41.3 Å². The van der Waals surface area contributed by atoms with Gasteiger partial charge in [-0.3, -0.25) is 4.68 Å². The lowest BCUT2D eigenvalue weighted by atomic mass is 10.1. The molecule has 5 heteroatoms. The van der Waals surface area contributed by atoms with Crippen LogP contribution in [0.4, 0.5) is 0 Å². The van der Waals surface area contributed by atoms with E-state index < -0.39 is 0 Å². The van der Waals surface area contributed by atoms with E-state index in [0.29, 0.717) is 13.2 Å². The van der Waals surface area contributed by atoms with Gasteiger partial charge in [0.05, 0.1) is 18.5 Å². The molecular weight excluding hydrogens is 266 g/mol. The molecule has 0 saturated carbocycles. The third kappa shape index (κ3) is 3.55. The van der Waals surface area contributed by atoms with Crippen molar-refractivity contribution in [1.29, 1.82) is 0 Å². The number of nitrogens with two attached hydrogens (primary N) is 1. The zero-order valence-electron chi connectivity index (χ0n) is 12.9. The molecule has 5 nitrogen and oxygen atoms in total. The molecule has 0 saturated heterocycles. The maximum atomic E-state index is 6.00. The van der Waals surface area contributed by atoms with E-state index in [1.807, 2.05) is 29.9 Å². The summed E-state index contributed by atoms with van der Waals surface area (Å²) < 4.78 is 13.2. The molecule has 1 aromatic heterocycles. The van der Waals surface area contributed by atoms with E-state index in [-0.39, 0.29) is 0 Å². The number of ether oxygens (including phenoxy) is 2. The second-order valence-corrected chi connectivity index (χ2v) is 4.88. The third-order valence-electron chi connectivity index (χ3n) is 3.45. The number of nitrogens with zero attached hydrogens (tertiary/aromatic N) is 2. The van der Waals surface area contributed by atoms with Crippen molar-refractivity contribution in [2.24, 2.45) is 12.8 Å².